The summed E-state index contributed by atoms with van der Waals surface area (Å²) in [6, 6.07) is 3.80. The van der Waals surface area contributed by atoms with Gasteiger partial charge in [-0.25, -0.2) is 4.68 Å². The van der Waals surface area contributed by atoms with Crippen LogP contribution in [0.3, 0.4) is 0 Å². The maximum absolute atomic E-state index is 12.2. The molecule has 0 N–H and O–H groups in total. The Bertz CT molecular complexity index is 884. The highest BCUT2D eigenvalue weighted by Gasteiger charge is 2.28. The third kappa shape index (κ3) is 3.56. The van der Waals surface area contributed by atoms with Crippen LogP contribution in [0.4, 0.5) is 0 Å². The molecule has 1 saturated carbocycles. The molecule has 7 nitrogen and oxygen atoms in total. The molecule has 7 heteroatoms. The van der Waals surface area contributed by atoms with Gasteiger partial charge >= 0.3 is 0 Å². The quantitative estimate of drug-likeness (QED) is 0.807. The SMILES string of the molecule is Cn1cc(CN2CCCC2Cn2nc(C3CC3)ccc2=O)ncc1=O. The van der Waals surface area contributed by atoms with Gasteiger partial charge in [0.2, 0.25) is 0 Å². The van der Waals surface area contributed by atoms with E-state index in [0.29, 0.717) is 19.0 Å². The van der Waals surface area contributed by atoms with Gasteiger partial charge in [-0.05, 0) is 38.3 Å². The third-order valence-corrected chi connectivity index (χ3v) is 5.16. The Balaban J connectivity index is 1.50. The van der Waals surface area contributed by atoms with E-state index in [-0.39, 0.29) is 17.2 Å². The van der Waals surface area contributed by atoms with Gasteiger partial charge in [0, 0.05) is 37.8 Å². The minimum absolute atomic E-state index is 0.0310. The Hall–Kier alpha value is -2.28. The van der Waals surface area contributed by atoms with Crippen molar-refractivity contribution in [3.8, 4) is 0 Å². The first kappa shape index (κ1) is 16.2. The van der Waals surface area contributed by atoms with Gasteiger partial charge in [-0.2, -0.15) is 5.10 Å². The van der Waals surface area contributed by atoms with Gasteiger partial charge < -0.3 is 4.57 Å². The Morgan fingerprint density at radius 2 is 2.00 bits per heavy atom. The molecule has 1 aliphatic carbocycles. The second-order valence-corrected chi connectivity index (χ2v) is 7.15. The number of aryl methyl sites for hydroxylation is 1. The molecule has 132 valence electrons. The van der Waals surface area contributed by atoms with Crippen LogP contribution in [0.15, 0.2) is 34.1 Å². The van der Waals surface area contributed by atoms with Crippen LogP contribution in [-0.2, 0) is 20.1 Å². The molecule has 1 saturated heterocycles. The molecule has 2 aliphatic rings. The van der Waals surface area contributed by atoms with Crippen molar-refractivity contribution in [2.75, 3.05) is 6.54 Å². The van der Waals surface area contributed by atoms with Crippen molar-refractivity contribution in [2.45, 2.75) is 50.7 Å². The van der Waals surface area contributed by atoms with Crippen LogP contribution in [0.25, 0.3) is 0 Å². The van der Waals surface area contributed by atoms with Crippen molar-refractivity contribution in [2.24, 2.45) is 7.05 Å². The van der Waals surface area contributed by atoms with Gasteiger partial charge in [-0.15, -0.1) is 0 Å². The van der Waals surface area contributed by atoms with Crippen LogP contribution >= 0.6 is 0 Å². The molecule has 1 atom stereocenters. The van der Waals surface area contributed by atoms with Gasteiger partial charge in [-0.3, -0.25) is 19.5 Å². The summed E-state index contributed by atoms with van der Waals surface area (Å²) in [5.74, 6) is 0.543. The highest BCUT2D eigenvalue weighted by atomic mass is 16.1. The first-order chi connectivity index (χ1) is 12.1. The second-order valence-electron chi connectivity index (χ2n) is 7.15. The first-order valence-corrected chi connectivity index (χ1v) is 8.94. The molecule has 1 unspecified atom stereocenters. The van der Waals surface area contributed by atoms with E-state index >= 15 is 0 Å². The summed E-state index contributed by atoms with van der Waals surface area (Å²) in [6.07, 6.45) is 7.67. The van der Waals surface area contributed by atoms with Crippen molar-refractivity contribution in [1.82, 2.24) is 24.2 Å². The maximum atomic E-state index is 12.2. The van der Waals surface area contributed by atoms with Crippen LogP contribution in [0, 0.1) is 0 Å². The Kier molecular flexibility index (Phi) is 4.25. The lowest BCUT2D eigenvalue weighted by Gasteiger charge is -2.24. The average molecular weight is 341 g/mol. The summed E-state index contributed by atoms with van der Waals surface area (Å²) in [7, 11) is 1.74. The van der Waals surface area contributed by atoms with E-state index in [9.17, 15) is 9.59 Å². The van der Waals surface area contributed by atoms with Gasteiger partial charge in [0.1, 0.15) is 0 Å². The summed E-state index contributed by atoms with van der Waals surface area (Å²) >= 11 is 0. The van der Waals surface area contributed by atoms with Crippen molar-refractivity contribution >= 4 is 0 Å². The highest BCUT2D eigenvalue weighted by Crippen LogP contribution is 2.38. The van der Waals surface area contributed by atoms with E-state index in [2.05, 4.69) is 15.0 Å². The fourth-order valence-electron chi connectivity index (χ4n) is 3.54. The molecular weight excluding hydrogens is 318 g/mol. The summed E-state index contributed by atoms with van der Waals surface area (Å²) in [5.41, 5.74) is 1.79. The van der Waals surface area contributed by atoms with Crippen LogP contribution in [-0.4, -0.2) is 36.8 Å². The highest BCUT2D eigenvalue weighted by molar-refractivity contribution is 5.12. The Morgan fingerprint density at radius 1 is 1.16 bits per heavy atom. The second kappa shape index (κ2) is 6.55. The van der Waals surface area contributed by atoms with Crippen LogP contribution in [0.2, 0.25) is 0 Å². The van der Waals surface area contributed by atoms with E-state index in [4.69, 9.17) is 0 Å². The van der Waals surface area contributed by atoms with Gasteiger partial charge in [0.05, 0.1) is 24.1 Å². The molecule has 0 aromatic carbocycles. The van der Waals surface area contributed by atoms with Gasteiger partial charge in [0.15, 0.2) is 0 Å². The predicted octanol–water partition coefficient (Wildman–Crippen LogP) is 0.879. The van der Waals surface area contributed by atoms with Crippen LogP contribution < -0.4 is 11.1 Å². The smallest absolute Gasteiger partial charge is 0.268 e. The van der Waals surface area contributed by atoms with Gasteiger partial charge in [0.25, 0.3) is 11.1 Å². The zero-order valence-corrected chi connectivity index (χ0v) is 14.5. The topological polar surface area (TPSA) is 73.0 Å². The first-order valence-electron chi connectivity index (χ1n) is 8.94. The zero-order valence-electron chi connectivity index (χ0n) is 14.5. The minimum Gasteiger partial charge on any atom is -0.315 e. The molecule has 0 spiro atoms. The maximum Gasteiger partial charge on any atom is 0.268 e. The molecule has 2 fully saturated rings. The van der Waals surface area contributed by atoms with E-state index in [1.54, 1.807) is 28.6 Å². The lowest BCUT2D eigenvalue weighted by Crippen LogP contribution is -2.37. The third-order valence-electron chi connectivity index (χ3n) is 5.16. The molecule has 0 bridgehead atoms. The number of likely N-dealkylation sites (tertiary alicyclic amines) is 1. The molecule has 0 radical (unpaired) electrons. The standard InChI is InChI=1S/C18H23N5O2/c1-21-10-14(19-9-18(21)25)11-22-8-2-3-15(22)12-23-17(24)7-6-16(20-23)13-4-5-13/h6-7,9-10,13,15H,2-5,8,11-12H2,1H3. The molecule has 1 aliphatic heterocycles. The lowest BCUT2D eigenvalue weighted by atomic mass is 10.2. The summed E-state index contributed by atoms with van der Waals surface area (Å²) in [6.45, 7) is 2.28. The fraction of sp³-hybridized carbons (Fsp3) is 0.556. The van der Waals surface area contributed by atoms with E-state index in [0.717, 1.165) is 30.8 Å². The van der Waals surface area contributed by atoms with Crippen molar-refractivity contribution in [3.05, 3.63) is 56.6 Å². The number of hydrogen-bond donors (Lipinski definition) is 0. The predicted molar refractivity (Wildman–Crippen MR) is 93.4 cm³/mol. The lowest BCUT2D eigenvalue weighted by molar-refractivity contribution is 0.213. The van der Waals surface area contributed by atoms with Crippen LogP contribution in [0.5, 0.6) is 0 Å². The monoisotopic (exact) mass is 341 g/mol. The molecular formula is C18H23N5O2. The number of rotatable bonds is 5. The van der Waals surface area contributed by atoms with E-state index in [1.165, 1.54) is 19.0 Å². The molecule has 2 aromatic rings. The van der Waals surface area contributed by atoms with Crippen molar-refractivity contribution < 1.29 is 0 Å². The summed E-state index contributed by atoms with van der Waals surface area (Å²) in [4.78, 5) is 30.3. The number of aromatic nitrogens is 4. The summed E-state index contributed by atoms with van der Waals surface area (Å²) < 4.78 is 3.18. The fourth-order valence-corrected chi connectivity index (χ4v) is 3.54. The number of hydrogen-bond acceptors (Lipinski definition) is 5. The molecule has 3 heterocycles. The Morgan fingerprint density at radius 3 is 2.76 bits per heavy atom. The largest absolute Gasteiger partial charge is 0.315 e. The molecule has 0 amide bonds. The average Bonchev–Trinajstić information content (AvgIpc) is 3.35. The van der Waals surface area contributed by atoms with Gasteiger partial charge in [-0.1, -0.05) is 0 Å². The molecule has 2 aromatic heterocycles. The number of nitrogens with zero attached hydrogens (tertiary/aromatic N) is 5. The minimum atomic E-state index is -0.102. The van der Waals surface area contributed by atoms with E-state index < -0.39 is 0 Å². The van der Waals surface area contributed by atoms with Crippen molar-refractivity contribution in [3.63, 3.8) is 0 Å². The molecule has 4 rings (SSSR count). The summed E-state index contributed by atoms with van der Waals surface area (Å²) in [5, 5.41) is 4.58. The normalized spacial score (nSPS) is 20.9. The van der Waals surface area contributed by atoms with Crippen LogP contribution in [0.1, 0.15) is 43.0 Å². The zero-order chi connectivity index (χ0) is 17.4. The van der Waals surface area contributed by atoms with Crippen molar-refractivity contribution in [1.29, 1.82) is 0 Å². The molecule has 25 heavy (non-hydrogen) atoms. The van der Waals surface area contributed by atoms with E-state index in [1.807, 2.05) is 6.07 Å². The Labute approximate surface area is 145 Å².